The summed E-state index contributed by atoms with van der Waals surface area (Å²) < 4.78 is 0. The molecule has 0 amide bonds. The highest BCUT2D eigenvalue weighted by molar-refractivity contribution is 6.43. The Kier molecular flexibility index (Phi) is 3.36. The molecule has 0 aliphatic carbocycles. The maximum Gasteiger partial charge on any atom is 0.122 e. The SMILES string of the molecule is N=C(N)c1ccc(-c2cccc(Cl)c2Cl)cc1. The topological polar surface area (TPSA) is 49.9 Å². The third-order valence-electron chi connectivity index (χ3n) is 2.46. The van der Waals surface area contributed by atoms with Crippen molar-refractivity contribution >= 4 is 29.0 Å². The van der Waals surface area contributed by atoms with Crippen LogP contribution in [0.2, 0.25) is 10.0 Å². The van der Waals surface area contributed by atoms with E-state index >= 15 is 0 Å². The van der Waals surface area contributed by atoms with Crippen LogP contribution in [-0.4, -0.2) is 5.84 Å². The van der Waals surface area contributed by atoms with Crippen LogP contribution >= 0.6 is 23.2 Å². The highest BCUT2D eigenvalue weighted by Crippen LogP contribution is 2.33. The van der Waals surface area contributed by atoms with Crippen molar-refractivity contribution in [1.82, 2.24) is 0 Å². The molecule has 0 aliphatic heterocycles. The van der Waals surface area contributed by atoms with Crippen molar-refractivity contribution in [2.75, 3.05) is 0 Å². The van der Waals surface area contributed by atoms with E-state index in [1.165, 1.54) is 0 Å². The van der Waals surface area contributed by atoms with Crippen molar-refractivity contribution in [3.05, 3.63) is 58.1 Å². The molecule has 2 aromatic carbocycles. The van der Waals surface area contributed by atoms with E-state index in [1.54, 1.807) is 18.2 Å². The summed E-state index contributed by atoms with van der Waals surface area (Å²) in [6.45, 7) is 0. The quantitative estimate of drug-likeness (QED) is 0.627. The summed E-state index contributed by atoms with van der Waals surface area (Å²) in [5, 5.41) is 8.38. The molecule has 0 unspecified atom stereocenters. The number of benzene rings is 2. The lowest BCUT2D eigenvalue weighted by Gasteiger charge is -2.06. The molecule has 0 radical (unpaired) electrons. The van der Waals surface area contributed by atoms with Gasteiger partial charge in [-0.2, -0.15) is 0 Å². The Balaban J connectivity index is 2.47. The number of halogens is 2. The molecule has 0 aromatic heterocycles. The Morgan fingerprint density at radius 3 is 2.24 bits per heavy atom. The van der Waals surface area contributed by atoms with E-state index in [0.717, 1.165) is 11.1 Å². The first-order valence-electron chi connectivity index (χ1n) is 4.98. The monoisotopic (exact) mass is 264 g/mol. The van der Waals surface area contributed by atoms with Crippen molar-refractivity contribution in [1.29, 1.82) is 5.41 Å². The summed E-state index contributed by atoms with van der Waals surface area (Å²) in [6.07, 6.45) is 0. The van der Waals surface area contributed by atoms with Crippen LogP contribution < -0.4 is 5.73 Å². The smallest absolute Gasteiger partial charge is 0.122 e. The average Bonchev–Trinajstić information content (AvgIpc) is 2.33. The maximum atomic E-state index is 7.32. The zero-order valence-electron chi connectivity index (χ0n) is 8.87. The maximum absolute atomic E-state index is 7.32. The van der Waals surface area contributed by atoms with E-state index < -0.39 is 0 Å². The Hall–Kier alpha value is -1.51. The molecule has 0 fully saturated rings. The van der Waals surface area contributed by atoms with Crippen LogP contribution in [-0.2, 0) is 0 Å². The van der Waals surface area contributed by atoms with Gasteiger partial charge in [0.2, 0.25) is 0 Å². The van der Waals surface area contributed by atoms with Crippen LogP contribution in [0, 0.1) is 5.41 Å². The molecule has 0 atom stereocenters. The van der Waals surface area contributed by atoms with Crippen LogP contribution in [0.4, 0.5) is 0 Å². The second-order valence-corrected chi connectivity index (χ2v) is 4.38. The van der Waals surface area contributed by atoms with E-state index in [2.05, 4.69) is 0 Å². The molecule has 17 heavy (non-hydrogen) atoms. The van der Waals surface area contributed by atoms with Gasteiger partial charge in [0, 0.05) is 11.1 Å². The van der Waals surface area contributed by atoms with Gasteiger partial charge in [0.25, 0.3) is 0 Å². The molecule has 86 valence electrons. The van der Waals surface area contributed by atoms with Gasteiger partial charge in [-0.1, -0.05) is 59.6 Å². The van der Waals surface area contributed by atoms with Crippen LogP contribution in [0.3, 0.4) is 0 Å². The lowest BCUT2D eigenvalue weighted by atomic mass is 10.0. The number of rotatable bonds is 2. The minimum Gasteiger partial charge on any atom is -0.384 e. The first kappa shape index (κ1) is 12.0. The van der Waals surface area contributed by atoms with Gasteiger partial charge in [-0.05, 0) is 11.6 Å². The van der Waals surface area contributed by atoms with E-state index in [1.807, 2.05) is 24.3 Å². The van der Waals surface area contributed by atoms with Crippen molar-refractivity contribution in [2.24, 2.45) is 5.73 Å². The number of nitrogen functional groups attached to an aromatic ring is 1. The lowest BCUT2D eigenvalue weighted by molar-refractivity contribution is 1.42. The van der Waals surface area contributed by atoms with Crippen LogP contribution in [0.15, 0.2) is 42.5 Å². The molecule has 2 aromatic rings. The minimum absolute atomic E-state index is 0.0498. The lowest BCUT2D eigenvalue weighted by Crippen LogP contribution is -2.10. The van der Waals surface area contributed by atoms with Gasteiger partial charge in [0.15, 0.2) is 0 Å². The second-order valence-electron chi connectivity index (χ2n) is 3.59. The third-order valence-corrected chi connectivity index (χ3v) is 3.28. The minimum atomic E-state index is 0.0498. The van der Waals surface area contributed by atoms with Gasteiger partial charge in [0.05, 0.1) is 10.0 Å². The molecule has 0 bridgehead atoms. The average molecular weight is 265 g/mol. The number of hydrogen-bond acceptors (Lipinski definition) is 1. The van der Waals surface area contributed by atoms with E-state index in [0.29, 0.717) is 15.6 Å². The van der Waals surface area contributed by atoms with Gasteiger partial charge in [-0.25, -0.2) is 0 Å². The van der Waals surface area contributed by atoms with E-state index in [4.69, 9.17) is 34.3 Å². The highest BCUT2D eigenvalue weighted by atomic mass is 35.5. The molecule has 0 spiro atoms. The molecular formula is C13H10Cl2N2. The van der Waals surface area contributed by atoms with Gasteiger partial charge >= 0.3 is 0 Å². The second kappa shape index (κ2) is 4.78. The van der Waals surface area contributed by atoms with Crippen molar-refractivity contribution in [3.63, 3.8) is 0 Å². The van der Waals surface area contributed by atoms with Crippen molar-refractivity contribution in [3.8, 4) is 11.1 Å². The van der Waals surface area contributed by atoms with Crippen LogP contribution in [0.1, 0.15) is 5.56 Å². The highest BCUT2D eigenvalue weighted by Gasteiger charge is 2.06. The fourth-order valence-corrected chi connectivity index (χ4v) is 1.97. The fourth-order valence-electron chi connectivity index (χ4n) is 1.56. The molecule has 0 heterocycles. The Morgan fingerprint density at radius 2 is 1.65 bits per heavy atom. The van der Waals surface area contributed by atoms with E-state index in [9.17, 15) is 0 Å². The Morgan fingerprint density at radius 1 is 1.00 bits per heavy atom. The summed E-state index contributed by atoms with van der Waals surface area (Å²) in [6, 6.07) is 12.8. The van der Waals surface area contributed by atoms with Crippen LogP contribution in [0.25, 0.3) is 11.1 Å². The number of hydrogen-bond donors (Lipinski definition) is 2. The normalized spacial score (nSPS) is 10.2. The van der Waals surface area contributed by atoms with Gasteiger partial charge in [-0.3, -0.25) is 5.41 Å². The third kappa shape index (κ3) is 2.43. The molecule has 4 heteroatoms. The van der Waals surface area contributed by atoms with Gasteiger partial charge < -0.3 is 5.73 Å². The predicted molar refractivity (Wildman–Crippen MR) is 72.9 cm³/mol. The molecule has 0 saturated heterocycles. The molecule has 0 aliphatic rings. The number of nitrogens with one attached hydrogen (secondary N) is 1. The molecular weight excluding hydrogens is 255 g/mol. The first-order chi connectivity index (χ1) is 8.09. The largest absolute Gasteiger partial charge is 0.384 e. The Labute approximate surface area is 109 Å². The number of nitrogens with two attached hydrogens (primary N) is 1. The summed E-state index contributed by atoms with van der Waals surface area (Å²) in [5.74, 6) is 0.0498. The summed E-state index contributed by atoms with van der Waals surface area (Å²) in [7, 11) is 0. The molecule has 3 N–H and O–H groups in total. The standard InChI is InChI=1S/C13H10Cl2N2/c14-11-3-1-2-10(12(11)15)8-4-6-9(7-5-8)13(16)17/h1-7H,(H3,16,17). The van der Waals surface area contributed by atoms with E-state index in [-0.39, 0.29) is 5.84 Å². The predicted octanol–water partition coefficient (Wildman–Crippen LogP) is 3.94. The van der Waals surface area contributed by atoms with Crippen molar-refractivity contribution < 1.29 is 0 Å². The first-order valence-corrected chi connectivity index (χ1v) is 5.74. The van der Waals surface area contributed by atoms with Gasteiger partial charge in [-0.15, -0.1) is 0 Å². The van der Waals surface area contributed by atoms with Crippen molar-refractivity contribution in [2.45, 2.75) is 0 Å². The Bertz CT molecular complexity index is 562. The zero-order valence-corrected chi connectivity index (χ0v) is 10.4. The zero-order chi connectivity index (χ0) is 12.4. The summed E-state index contributed by atoms with van der Waals surface area (Å²) in [5.41, 5.74) is 7.90. The molecule has 2 nitrogen and oxygen atoms in total. The summed E-state index contributed by atoms with van der Waals surface area (Å²) >= 11 is 12.1. The number of amidine groups is 1. The van der Waals surface area contributed by atoms with Crippen LogP contribution in [0.5, 0.6) is 0 Å². The van der Waals surface area contributed by atoms with Gasteiger partial charge in [0.1, 0.15) is 5.84 Å². The molecule has 0 saturated carbocycles. The molecule has 2 rings (SSSR count). The summed E-state index contributed by atoms with van der Waals surface area (Å²) in [4.78, 5) is 0. The fraction of sp³-hybridized carbons (Fsp3) is 0.